The fourth-order valence-corrected chi connectivity index (χ4v) is 3.32. The molecular weight excluding hydrogens is 344 g/mol. The van der Waals surface area contributed by atoms with Gasteiger partial charge >= 0.3 is 5.97 Å². The largest absolute Gasteiger partial charge is 0.490 e. The normalized spacial score (nSPS) is 12.1. The second kappa shape index (κ2) is 8.03. The van der Waals surface area contributed by atoms with E-state index < -0.39 is 11.9 Å². The number of carboxylic acid groups (broad SMARTS) is 1. The Hall–Kier alpha value is -3.15. The van der Waals surface area contributed by atoms with Crippen molar-refractivity contribution in [2.45, 2.75) is 32.6 Å². The van der Waals surface area contributed by atoms with Crippen LogP contribution >= 0.6 is 0 Å². The third-order valence-electron chi connectivity index (χ3n) is 4.48. The van der Waals surface area contributed by atoms with Crippen molar-refractivity contribution in [1.29, 1.82) is 0 Å². The molecule has 0 unspecified atom stereocenters. The fraction of sp³-hybridized carbons (Fsp3) is 0.286. The number of carboxylic acids is 1. The third kappa shape index (κ3) is 4.00. The highest BCUT2D eigenvalue weighted by Gasteiger charge is 2.24. The molecule has 3 rings (SSSR count). The predicted molar refractivity (Wildman–Crippen MR) is 101 cm³/mol. The Morgan fingerprint density at radius 2 is 1.89 bits per heavy atom. The van der Waals surface area contributed by atoms with E-state index in [1.54, 1.807) is 17.5 Å². The maximum atomic E-state index is 13.1. The van der Waals surface area contributed by atoms with Crippen LogP contribution in [0.2, 0.25) is 0 Å². The lowest BCUT2D eigenvalue weighted by Gasteiger charge is -2.15. The topological polar surface area (TPSA) is 80.9 Å². The quantitative estimate of drug-likeness (QED) is 0.612. The summed E-state index contributed by atoms with van der Waals surface area (Å²) in [6, 6.07) is 12.9. The van der Waals surface area contributed by atoms with Gasteiger partial charge in [-0.15, -0.1) is 0 Å². The van der Waals surface area contributed by atoms with Crippen LogP contribution in [0.5, 0.6) is 5.75 Å². The monoisotopic (exact) mass is 366 g/mol. The number of aliphatic carboxylic acids is 1. The maximum Gasteiger partial charge on any atom is 0.303 e. The number of pyridine rings is 1. The Labute approximate surface area is 157 Å². The van der Waals surface area contributed by atoms with Crippen LogP contribution in [0.3, 0.4) is 0 Å². The van der Waals surface area contributed by atoms with E-state index in [2.05, 4.69) is 4.98 Å². The maximum absolute atomic E-state index is 13.1. The van der Waals surface area contributed by atoms with Crippen molar-refractivity contribution in [2.75, 3.05) is 6.61 Å². The van der Waals surface area contributed by atoms with Gasteiger partial charge in [-0.1, -0.05) is 30.3 Å². The van der Waals surface area contributed by atoms with E-state index in [-0.39, 0.29) is 18.6 Å². The molecule has 6 nitrogen and oxygen atoms in total. The van der Waals surface area contributed by atoms with E-state index in [1.165, 1.54) is 0 Å². The zero-order chi connectivity index (χ0) is 19.4. The summed E-state index contributed by atoms with van der Waals surface area (Å²) < 4.78 is 7.33. The van der Waals surface area contributed by atoms with E-state index in [9.17, 15) is 14.7 Å². The summed E-state index contributed by atoms with van der Waals surface area (Å²) in [7, 11) is 0. The molecule has 6 heteroatoms. The average Bonchev–Trinajstić information content (AvgIpc) is 2.99. The number of benzene rings is 1. The second-order valence-electron chi connectivity index (χ2n) is 6.38. The Balaban J connectivity index is 1.96. The highest BCUT2D eigenvalue weighted by molar-refractivity contribution is 5.97. The summed E-state index contributed by atoms with van der Waals surface area (Å²) in [6.45, 7) is 4.18. The van der Waals surface area contributed by atoms with Crippen molar-refractivity contribution in [2.24, 2.45) is 0 Å². The highest BCUT2D eigenvalue weighted by atomic mass is 16.5. The van der Waals surface area contributed by atoms with Gasteiger partial charge in [-0.3, -0.25) is 14.0 Å². The van der Waals surface area contributed by atoms with Gasteiger partial charge in [0, 0.05) is 18.5 Å². The number of rotatable bonds is 8. The van der Waals surface area contributed by atoms with Crippen LogP contribution < -0.4 is 4.74 Å². The van der Waals surface area contributed by atoms with Crippen molar-refractivity contribution >= 4 is 17.4 Å². The summed E-state index contributed by atoms with van der Waals surface area (Å²) in [5.41, 5.74) is 2.51. The van der Waals surface area contributed by atoms with Gasteiger partial charge in [0.25, 0.3) is 0 Å². The van der Waals surface area contributed by atoms with Gasteiger partial charge in [0.2, 0.25) is 0 Å². The van der Waals surface area contributed by atoms with Crippen LogP contribution in [-0.4, -0.2) is 32.9 Å². The Morgan fingerprint density at radius 1 is 1.15 bits per heavy atom. The molecular formula is C21H22N2O4. The second-order valence-corrected chi connectivity index (χ2v) is 6.38. The minimum absolute atomic E-state index is 0.101. The van der Waals surface area contributed by atoms with Crippen LogP contribution in [0.4, 0.5) is 0 Å². The number of aryl methyl sites for hydroxylation is 1. The number of ether oxygens (including phenoxy) is 1. The lowest BCUT2D eigenvalue weighted by molar-refractivity contribution is -0.137. The van der Waals surface area contributed by atoms with Gasteiger partial charge in [-0.25, -0.2) is 4.98 Å². The zero-order valence-electron chi connectivity index (χ0n) is 15.4. The fourth-order valence-electron chi connectivity index (χ4n) is 3.32. The molecule has 1 atom stereocenters. The van der Waals surface area contributed by atoms with Crippen molar-refractivity contribution in [3.63, 3.8) is 0 Å². The number of hydrogen-bond acceptors (Lipinski definition) is 4. The van der Waals surface area contributed by atoms with Crippen LogP contribution in [0, 0.1) is 6.92 Å². The molecule has 0 amide bonds. The van der Waals surface area contributed by atoms with Crippen LogP contribution in [0.15, 0.2) is 48.7 Å². The van der Waals surface area contributed by atoms with E-state index in [1.807, 2.05) is 49.4 Å². The molecule has 0 spiro atoms. The minimum Gasteiger partial charge on any atom is -0.490 e. The highest BCUT2D eigenvalue weighted by Crippen LogP contribution is 2.28. The first-order valence-electron chi connectivity index (χ1n) is 8.91. The number of Topliss-reactive ketones (excluding diaryl/α,β-unsaturated/α-hetero) is 1. The summed E-state index contributed by atoms with van der Waals surface area (Å²) in [5.74, 6) is -0.836. The Kier molecular flexibility index (Phi) is 5.54. The van der Waals surface area contributed by atoms with Crippen LogP contribution in [0.25, 0.3) is 5.65 Å². The number of nitrogens with zero attached hydrogens (tertiary/aromatic N) is 2. The van der Waals surface area contributed by atoms with Crippen LogP contribution in [0.1, 0.15) is 47.4 Å². The standard InChI is InChI=1S/C21H22N2O4/c1-3-27-18-10-7-11-23-20(14(2)22-21(18)23)17(24)12-16(13-19(25)26)15-8-5-4-6-9-15/h4-11,16H,3,12-13H2,1-2H3,(H,25,26)/t16-/m1/s1. The van der Waals surface area contributed by atoms with E-state index in [4.69, 9.17) is 4.74 Å². The Morgan fingerprint density at radius 3 is 2.56 bits per heavy atom. The van der Waals surface area contributed by atoms with Crippen molar-refractivity contribution < 1.29 is 19.4 Å². The van der Waals surface area contributed by atoms with Crippen LogP contribution in [-0.2, 0) is 4.79 Å². The lowest BCUT2D eigenvalue weighted by Crippen LogP contribution is -2.14. The molecule has 0 saturated heterocycles. The van der Waals surface area contributed by atoms with Gasteiger partial charge in [-0.05, 0) is 31.5 Å². The number of carbonyl (C=O) groups is 2. The Bertz CT molecular complexity index is 963. The molecule has 0 aliphatic carbocycles. The van der Waals surface area contributed by atoms with E-state index >= 15 is 0 Å². The minimum atomic E-state index is -0.926. The molecule has 0 radical (unpaired) electrons. The van der Waals surface area contributed by atoms with E-state index in [0.717, 1.165) is 5.56 Å². The molecule has 0 fully saturated rings. The van der Waals surface area contributed by atoms with Gasteiger partial charge < -0.3 is 9.84 Å². The first-order chi connectivity index (χ1) is 13.0. The number of aromatic nitrogens is 2. The number of hydrogen-bond donors (Lipinski definition) is 1. The molecule has 1 N–H and O–H groups in total. The summed E-state index contributed by atoms with van der Waals surface area (Å²) in [6.07, 6.45) is 1.78. The summed E-state index contributed by atoms with van der Waals surface area (Å²) in [4.78, 5) is 28.9. The summed E-state index contributed by atoms with van der Waals surface area (Å²) >= 11 is 0. The lowest BCUT2D eigenvalue weighted by atomic mass is 9.90. The molecule has 1 aromatic carbocycles. The molecule has 140 valence electrons. The van der Waals surface area contributed by atoms with Crippen molar-refractivity contribution in [3.8, 4) is 5.75 Å². The van der Waals surface area contributed by atoms with E-state index in [0.29, 0.717) is 29.4 Å². The number of carbonyl (C=O) groups excluding carboxylic acids is 1. The summed E-state index contributed by atoms with van der Waals surface area (Å²) in [5, 5.41) is 9.27. The number of fused-ring (bicyclic) bond motifs is 1. The molecule has 27 heavy (non-hydrogen) atoms. The third-order valence-corrected chi connectivity index (χ3v) is 4.48. The van der Waals surface area contributed by atoms with Crippen molar-refractivity contribution in [3.05, 3.63) is 65.6 Å². The smallest absolute Gasteiger partial charge is 0.303 e. The molecule has 0 aliphatic heterocycles. The SMILES string of the molecule is CCOc1cccn2c(C(=O)C[C@H](CC(=O)O)c3ccccc3)c(C)nc12. The molecule has 2 aromatic heterocycles. The molecule has 3 aromatic rings. The first-order valence-corrected chi connectivity index (χ1v) is 8.91. The van der Waals surface area contributed by atoms with Gasteiger partial charge in [0.15, 0.2) is 17.2 Å². The predicted octanol–water partition coefficient (Wildman–Crippen LogP) is 3.87. The van der Waals surface area contributed by atoms with Gasteiger partial charge in [-0.2, -0.15) is 0 Å². The van der Waals surface area contributed by atoms with Gasteiger partial charge in [0.05, 0.1) is 18.7 Å². The molecule has 0 saturated carbocycles. The van der Waals surface area contributed by atoms with Crippen molar-refractivity contribution in [1.82, 2.24) is 9.38 Å². The average molecular weight is 366 g/mol. The van der Waals surface area contributed by atoms with Gasteiger partial charge in [0.1, 0.15) is 5.69 Å². The molecule has 0 bridgehead atoms. The first kappa shape index (κ1) is 18.6. The number of imidazole rings is 1. The molecule has 2 heterocycles. The number of ketones is 1. The zero-order valence-corrected chi connectivity index (χ0v) is 15.4. The molecule has 0 aliphatic rings.